The highest BCUT2D eigenvalue weighted by Crippen LogP contribution is 2.33. The summed E-state index contributed by atoms with van der Waals surface area (Å²) in [7, 11) is 0. The van der Waals surface area contributed by atoms with Gasteiger partial charge in [0.05, 0.1) is 17.2 Å². The zero-order chi connectivity index (χ0) is 25.5. The Morgan fingerprint density at radius 2 is 1.56 bits per heavy atom. The predicted molar refractivity (Wildman–Crippen MR) is 134 cm³/mol. The van der Waals surface area contributed by atoms with Gasteiger partial charge >= 0.3 is 6.18 Å². The van der Waals surface area contributed by atoms with E-state index in [1.54, 1.807) is 0 Å². The van der Waals surface area contributed by atoms with Crippen molar-refractivity contribution in [2.45, 2.75) is 103 Å². The number of amides is 1. The van der Waals surface area contributed by atoms with Gasteiger partial charge in [0.25, 0.3) is 5.91 Å². The molecule has 1 aromatic carbocycles. The lowest BCUT2D eigenvalue weighted by molar-refractivity contribution is -0.138. The fourth-order valence-corrected chi connectivity index (χ4v) is 4.64. The summed E-state index contributed by atoms with van der Waals surface area (Å²) in [5.74, 6) is 1.77. The Morgan fingerprint density at radius 1 is 1.00 bits per heavy atom. The minimum absolute atomic E-state index is 0.101. The van der Waals surface area contributed by atoms with Gasteiger partial charge in [-0.15, -0.1) is 0 Å². The maximum atomic E-state index is 13.1. The number of nitrogens with zero attached hydrogens (tertiary/aromatic N) is 1. The lowest BCUT2D eigenvalue weighted by Gasteiger charge is -2.22. The van der Waals surface area contributed by atoms with E-state index in [0.717, 1.165) is 31.4 Å². The molecule has 0 radical (unpaired) electrons. The lowest BCUT2D eigenvalue weighted by atomic mass is 9.96. The number of carbonyl (C=O) groups excluding carboxylic acids is 1. The van der Waals surface area contributed by atoms with Crippen LogP contribution in [-0.2, 0) is 11.0 Å². The summed E-state index contributed by atoms with van der Waals surface area (Å²) in [6, 6.07) is 4.46. The fourth-order valence-electron chi connectivity index (χ4n) is 3.62. The molecule has 34 heavy (non-hydrogen) atoms. The molecule has 0 unspecified atom stereocenters. The van der Waals surface area contributed by atoms with E-state index in [9.17, 15) is 23.1 Å². The number of hydrogen-bond acceptors (Lipinski definition) is 4. The van der Waals surface area contributed by atoms with Crippen molar-refractivity contribution in [3.05, 3.63) is 29.3 Å². The molecule has 0 aliphatic carbocycles. The zero-order valence-electron chi connectivity index (χ0n) is 20.5. The maximum absolute atomic E-state index is 13.1. The van der Waals surface area contributed by atoms with Gasteiger partial charge in [-0.1, -0.05) is 64.7 Å². The highest BCUT2D eigenvalue weighted by atomic mass is 32.2. The normalized spacial score (nSPS) is 13.3. The molecule has 0 bridgehead atoms. The van der Waals surface area contributed by atoms with Gasteiger partial charge < -0.3 is 10.4 Å². The summed E-state index contributed by atoms with van der Waals surface area (Å²) >= 11 is 2.06. The standard InChI is InChI=1S/C26H39F3N2O2S/c1-3-4-12-17-34-18-13-10-8-6-5-7-9-11-16-25(2,33)24(32)31-22-15-14-21(20-30)23(19-22)26(27,28)29/h14-15,19,33H,3-13,16-18H2,1-2H3,(H,31,32)/t25-/m0/s1. The Kier molecular flexibility index (Phi) is 14.3. The predicted octanol–water partition coefficient (Wildman–Crippen LogP) is 7.70. The highest BCUT2D eigenvalue weighted by molar-refractivity contribution is 7.99. The maximum Gasteiger partial charge on any atom is 0.417 e. The number of nitrogens with one attached hydrogen (secondary N) is 1. The van der Waals surface area contributed by atoms with Crippen molar-refractivity contribution in [3.8, 4) is 6.07 Å². The van der Waals surface area contributed by atoms with Crippen molar-refractivity contribution < 1.29 is 23.1 Å². The van der Waals surface area contributed by atoms with Crippen LogP contribution in [-0.4, -0.2) is 28.1 Å². The first kappa shape index (κ1) is 30.3. The van der Waals surface area contributed by atoms with E-state index in [1.807, 2.05) is 0 Å². The SMILES string of the molecule is CCCCCSCCCCCCCCCC[C@](C)(O)C(=O)Nc1ccc(C#N)c(C(F)(F)F)c1. The largest absolute Gasteiger partial charge is 0.417 e. The minimum Gasteiger partial charge on any atom is -0.380 e. The van der Waals surface area contributed by atoms with Crippen LogP contribution in [0.1, 0.15) is 102 Å². The molecule has 0 spiro atoms. The summed E-state index contributed by atoms with van der Waals surface area (Å²) < 4.78 is 39.3. The van der Waals surface area contributed by atoms with Crippen molar-refractivity contribution in [2.24, 2.45) is 0 Å². The molecule has 0 heterocycles. The Morgan fingerprint density at radius 3 is 2.12 bits per heavy atom. The quantitative estimate of drug-likeness (QED) is 0.215. The molecule has 2 N–H and O–H groups in total. The number of carbonyl (C=O) groups is 1. The molecule has 1 atom stereocenters. The van der Waals surface area contributed by atoms with Crippen LogP contribution < -0.4 is 5.32 Å². The molecule has 0 fully saturated rings. The van der Waals surface area contributed by atoms with E-state index in [-0.39, 0.29) is 12.1 Å². The molecular weight excluding hydrogens is 461 g/mol. The van der Waals surface area contributed by atoms with Gasteiger partial charge in [0.2, 0.25) is 0 Å². The number of thioether (sulfide) groups is 1. The van der Waals surface area contributed by atoms with Crippen LogP contribution >= 0.6 is 11.8 Å². The van der Waals surface area contributed by atoms with Gasteiger partial charge in [-0.05, 0) is 55.9 Å². The molecule has 4 nitrogen and oxygen atoms in total. The Bertz CT molecular complexity index is 776. The zero-order valence-corrected chi connectivity index (χ0v) is 21.3. The number of halogens is 3. The highest BCUT2D eigenvalue weighted by Gasteiger charge is 2.35. The van der Waals surface area contributed by atoms with E-state index in [4.69, 9.17) is 5.26 Å². The first-order chi connectivity index (χ1) is 16.1. The number of rotatable bonds is 17. The van der Waals surface area contributed by atoms with Crippen molar-refractivity contribution in [2.75, 3.05) is 16.8 Å². The van der Waals surface area contributed by atoms with Gasteiger partial charge in [0.15, 0.2) is 0 Å². The molecule has 1 amide bonds. The van der Waals surface area contributed by atoms with E-state index in [1.165, 1.54) is 75.5 Å². The molecule has 0 aliphatic heterocycles. The molecule has 0 aromatic heterocycles. The molecular formula is C26H39F3N2O2S. The average molecular weight is 501 g/mol. The number of hydrogen-bond donors (Lipinski definition) is 2. The van der Waals surface area contributed by atoms with Crippen molar-refractivity contribution in [1.29, 1.82) is 5.26 Å². The first-order valence-corrected chi connectivity index (χ1v) is 13.5. The number of unbranched alkanes of at least 4 members (excludes halogenated alkanes) is 9. The van der Waals surface area contributed by atoms with E-state index in [0.29, 0.717) is 6.42 Å². The van der Waals surface area contributed by atoms with Crippen LogP contribution in [0, 0.1) is 11.3 Å². The van der Waals surface area contributed by atoms with Crippen molar-refractivity contribution in [3.63, 3.8) is 0 Å². The Hall–Kier alpha value is -1.72. The molecule has 192 valence electrons. The molecule has 8 heteroatoms. The summed E-state index contributed by atoms with van der Waals surface area (Å²) in [4.78, 5) is 12.4. The third-order valence-corrected chi connectivity index (χ3v) is 6.94. The van der Waals surface area contributed by atoms with Gasteiger partial charge in [-0.25, -0.2) is 0 Å². The summed E-state index contributed by atoms with van der Waals surface area (Å²) in [5.41, 5.74) is -3.41. The van der Waals surface area contributed by atoms with Crippen LogP contribution in [0.25, 0.3) is 0 Å². The number of alkyl halides is 3. The number of anilines is 1. The third-order valence-electron chi connectivity index (χ3n) is 5.79. The lowest BCUT2D eigenvalue weighted by Crippen LogP contribution is -2.40. The van der Waals surface area contributed by atoms with Crippen LogP contribution in [0.4, 0.5) is 18.9 Å². The average Bonchev–Trinajstić information content (AvgIpc) is 2.78. The second-order valence-electron chi connectivity index (χ2n) is 9.00. The van der Waals surface area contributed by atoms with Crippen molar-refractivity contribution >= 4 is 23.4 Å². The number of aliphatic hydroxyl groups is 1. The smallest absolute Gasteiger partial charge is 0.380 e. The van der Waals surface area contributed by atoms with Crippen molar-refractivity contribution in [1.82, 2.24) is 0 Å². The molecule has 0 aliphatic rings. The van der Waals surface area contributed by atoms with Crippen LogP contribution in [0.3, 0.4) is 0 Å². The fraction of sp³-hybridized carbons (Fsp3) is 0.692. The van der Waals surface area contributed by atoms with E-state index < -0.39 is 28.8 Å². The van der Waals surface area contributed by atoms with Gasteiger partial charge in [0, 0.05) is 5.69 Å². The first-order valence-electron chi connectivity index (χ1n) is 12.3. The molecule has 1 aromatic rings. The second-order valence-corrected chi connectivity index (χ2v) is 10.2. The molecule has 0 saturated heterocycles. The van der Waals surface area contributed by atoms with Gasteiger partial charge in [0.1, 0.15) is 5.60 Å². The third kappa shape index (κ3) is 12.1. The summed E-state index contributed by atoms with van der Waals surface area (Å²) in [6.45, 7) is 3.60. The van der Waals surface area contributed by atoms with Crippen LogP contribution in [0.5, 0.6) is 0 Å². The van der Waals surface area contributed by atoms with Gasteiger partial charge in [-0.3, -0.25) is 4.79 Å². The summed E-state index contributed by atoms with van der Waals surface area (Å²) in [6.07, 6.45) is 8.14. The number of nitriles is 1. The Labute approximate surface area is 206 Å². The minimum atomic E-state index is -4.71. The van der Waals surface area contributed by atoms with Gasteiger partial charge in [-0.2, -0.15) is 30.2 Å². The number of benzene rings is 1. The molecule has 0 saturated carbocycles. The van der Waals surface area contributed by atoms with E-state index in [2.05, 4.69) is 24.0 Å². The Balaban J connectivity index is 2.24. The topological polar surface area (TPSA) is 73.1 Å². The second kappa shape index (κ2) is 16.0. The molecule has 1 rings (SSSR count). The van der Waals surface area contributed by atoms with Crippen LogP contribution in [0.2, 0.25) is 0 Å². The van der Waals surface area contributed by atoms with E-state index >= 15 is 0 Å². The monoisotopic (exact) mass is 500 g/mol. The van der Waals surface area contributed by atoms with Crippen LogP contribution in [0.15, 0.2) is 18.2 Å². The summed E-state index contributed by atoms with van der Waals surface area (Å²) in [5, 5.41) is 21.7.